The first kappa shape index (κ1) is 14.7. The minimum absolute atomic E-state index is 0.211. The molecule has 0 radical (unpaired) electrons. The normalized spacial score (nSPS) is 13.0. The van der Waals surface area contributed by atoms with Gasteiger partial charge in [0.2, 0.25) is 0 Å². The summed E-state index contributed by atoms with van der Waals surface area (Å²) in [6.45, 7) is 2.29. The molecule has 0 fully saturated rings. The van der Waals surface area contributed by atoms with E-state index in [4.69, 9.17) is 9.84 Å². The van der Waals surface area contributed by atoms with Crippen molar-refractivity contribution in [2.45, 2.75) is 19.4 Å². The number of likely N-dealkylation sites (N-methyl/N-ethyl adjacent to an activating group) is 1. The van der Waals surface area contributed by atoms with Gasteiger partial charge < -0.3 is 19.1 Å². The van der Waals surface area contributed by atoms with Gasteiger partial charge in [-0.3, -0.25) is 4.79 Å². The van der Waals surface area contributed by atoms with Gasteiger partial charge in [-0.05, 0) is 6.92 Å². The van der Waals surface area contributed by atoms with Crippen LogP contribution in [-0.2, 0) is 14.3 Å². The monoisotopic (exact) mass is 234 g/mol. The molecule has 0 aromatic rings. The van der Waals surface area contributed by atoms with Crippen LogP contribution in [0.5, 0.6) is 0 Å². The van der Waals surface area contributed by atoms with Crippen LogP contribution in [0.25, 0.3) is 0 Å². The molecule has 0 amide bonds. The average molecular weight is 234 g/mol. The molecule has 0 unspecified atom stereocenters. The van der Waals surface area contributed by atoms with E-state index in [1.165, 1.54) is 0 Å². The lowest BCUT2D eigenvalue weighted by molar-refractivity contribution is -0.873. The lowest BCUT2D eigenvalue weighted by Crippen LogP contribution is -2.43. The maximum Gasteiger partial charge on any atom is 0.508 e. The second-order valence-electron chi connectivity index (χ2n) is 4.49. The first-order valence-corrected chi connectivity index (χ1v) is 5.10. The molecule has 0 bridgehead atoms. The Labute approximate surface area is 95.3 Å². The van der Waals surface area contributed by atoms with Gasteiger partial charge in [-0.15, -0.1) is 0 Å². The van der Waals surface area contributed by atoms with Crippen molar-refractivity contribution in [2.24, 2.45) is 0 Å². The van der Waals surface area contributed by atoms with Crippen LogP contribution in [0.2, 0.25) is 0 Å². The summed E-state index contributed by atoms with van der Waals surface area (Å²) in [5.41, 5.74) is 0. The molecule has 0 spiro atoms. The summed E-state index contributed by atoms with van der Waals surface area (Å²) < 4.78 is 10.0. The molecule has 6 heteroatoms. The van der Waals surface area contributed by atoms with Crippen molar-refractivity contribution in [1.29, 1.82) is 0 Å². The third-order valence-electron chi connectivity index (χ3n) is 1.68. The van der Waals surface area contributed by atoms with E-state index in [9.17, 15) is 9.59 Å². The topological polar surface area (TPSA) is 72.8 Å². The highest BCUT2D eigenvalue weighted by molar-refractivity contribution is 5.68. The van der Waals surface area contributed by atoms with Crippen LogP contribution >= 0.6 is 0 Å². The van der Waals surface area contributed by atoms with Crippen LogP contribution < -0.4 is 0 Å². The highest BCUT2D eigenvalue weighted by Crippen LogP contribution is 2.06. The van der Waals surface area contributed by atoms with Gasteiger partial charge in [-0.2, -0.15) is 0 Å². The molecular weight excluding hydrogens is 214 g/mol. The lowest BCUT2D eigenvalue weighted by Gasteiger charge is -2.28. The Kier molecular flexibility index (Phi) is 5.81. The molecule has 0 aromatic carbocycles. The maximum absolute atomic E-state index is 11.1. The maximum atomic E-state index is 11.1. The number of hydrogen-bond donors (Lipinski definition) is 1. The second kappa shape index (κ2) is 6.32. The predicted octanol–water partition coefficient (Wildman–Crippen LogP) is 0.709. The van der Waals surface area contributed by atoms with Crippen LogP contribution in [0, 0.1) is 0 Å². The number of carboxylic acids is 1. The van der Waals surface area contributed by atoms with E-state index in [1.807, 2.05) is 21.1 Å². The van der Waals surface area contributed by atoms with Crippen LogP contribution in [0.15, 0.2) is 0 Å². The molecule has 94 valence electrons. The zero-order valence-electron chi connectivity index (χ0n) is 10.2. The first-order chi connectivity index (χ1) is 7.24. The number of ether oxygens (including phenoxy) is 2. The fraction of sp³-hybridized carbons (Fsp3) is 0.800. The molecule has 0 saturated carbocycles. The number of carboxylic acid groups (broad SMARTS) is 1. The van der Waals surface area contributed by atoms with Crippen LogP contribution in [-0.4, -0.2) is 62.1 Å². The number of carbonyl (C=O) groups excluding carboxylic acids is 1. The molecule has 1 atom stereocenters. The number of aliphatic carboxylic acids is 1. The molecule has 0 heterocycles. The molecule has 0 aliphatic carbocycles. The minimum atomic E-state index is -0.997. The number of carbonyl (C=O) groups is 2. The van der Waals surface area contributed by atoms with Crippen LogP contribution in [0.4, 0.5) is 4.79 Å². The molecule has 16 heavy (non-hydrogen) atoms. The van der Waals surface area contributed by atoms with Gasteiger partial charge >= 0.3 is 12.1 Å². The van der Waals surface area contributed by atoms with Crippen LogP contribution in [0.3, 0.4) is 0 Å². The van der Waals surface area contributed by atoms with Gasteiger partial charge in [-0.1, -0.05) is 0 Å². The second-order valence-corrected chi connectivity index (χ2v) is 4.49. The van der Waals surface area contributed by atoms with Gasteiger partial charge in [0.05, 0.1) is 34.2 Å². The fourth-order valence-corrected chi connectivity index (χ4v) is 1.24. The van der Waals surface area contributed by atoms with Crippen molar-refractivity contribution in [1.82, 2.24) is 0 Å². The molecule has 0 rings (SSSR count). The Morgan fingerprint density at radius 3 is 2.25 bits per heavy atom. The van der Waals surface area contributed by atoms with E-state index in [0.717, 1.165) is 0 Å². The summed E-state index contributed by atoms with van der Waals surface area (Å²) in [6, 6.07) is 0. The lowest BCUT2D eigenvalue weighted by atomic mass is 10.2. The molecule has 0 saturated heterocycles. The Hall–Kier alpha value is -1.30. The van der Waals surface area contributed by atoms with Crippen molar-refractivity contribution in [3.63, 3.8) is 0 Å². The van der Waals surface area contributed by atoms with E-state index in [2.05, 4.69) is 4.74 Å². The Morgan fingerprint density at radius 1 is 1.31 bits per heavy atom. The summed E-state index contributed by atoms with van der Waals surface area (Å²) in [5.74, 6) is -0.997. The summed E-state index contributed by atoms with van der Waals surface area (Å²) in [4.78, 5) is 21.7. The summed E-state index contributed by atoms with van der Waals surface area (Å²) in [6.07, 6.45) is -1.70. The fourth-order valence-electron chi connectivity index (χ4n) is 1.24. The highest BCUT2D eigenvalue weighted by atomic mass is 16.7. The number of quaternary nitrogens is 1. The van der Waals surface area contributed by atoms with Gasteiger partial charge in [0.15, 0.2) is 6.10 Å². The Bertz CT molecular complexity index is 246. The van der Waals surface area contributed by atoms with Crippen LogP contribution in [0.1, 0.15) is 13.3 Å². The third-order valence-corrected chi connectivity index (χ3v) is 1.68. The number of rotatable bonds is 6. The first-order valence-electron chi connectivity index (χ1n) is 5.10. The van der Waals surface area contributed by atoms with E-state index in [-0.39, 0.29) is 13.0 Å². The van der Waals surface area contributed by atoms with Crippen molar-refractivity contribution < 1.29 is 28.7 Å². The zero-order valence-corrected chi connectivity index (χ0v) is 10.2. The largest absolute Gasteiger partial charge is 0.508 e. The van der Waals surface area contributed by atoms with Crippen molar-refractivity contribution in [2.75, 3.05) is 34.3 Å². The Balaban J connectivity index is 4.31. The summed E-state index contributed by atoms with van der Waals surface area (Å²) >= 11 is 0. The molecular formula is C10H20NO5+. The molecule has 0 aliphatic heterocycles. The smallest absolute Gasteiger partial charge is 0.481 e. The van der Waals surface area contributed by atoms with Crippen molar-refractivity contribution in [3.8, 4) is 0 Å². The minimum Gasteiger partial charge on any atom is -0.481 e. The zero-order chi connectivity index (χ0) is 12.8. The van der Waals surface area contributed by atoms with E-state index < -0.39 is 18.2 Å². The number of hydrogen-bond acceptors (Lipinski definition) is 4. The predicted molar refractivity (Wildman–Crippen MR) is 57.0 cm³/mol. The average Bonchev–Trinajstić information content (AvgIpc) is 1.98. The Morgan fingerprint density at radius 2 is 1.88 bits per heavy atom. The standard InChI is InChI=1S/C10H19NO5/c1-5-15-10(14)16-8(6-9(12)13)7-11(2,3)4/h8H,5-7H2,1-4H3/p+1/t8-/m0/s1. The van der Waals surface area contributed by atoms with E-state index in [1.54, 1.807) is 6.92 Å². The van der Waals surface area contributed by atoms with Gasteiger partial charge in [0.1, 0.15) is 6.54 Å². The van der Waals surface area contributed by atoms with Crippen molar-refractivity contribution >= 4 is 12.1 Å². The van der Waals surface area contributed by atoms with E-state index in [0.29, 0.717) is 11.0 Å². The molecule has 0 aliphatic rings. The molecule has 6 nitrogen and oxygen atoms in total. The van der Waals surface area contributed by atoms with Gasteiger partial charge in [-0.25, -0.2) is 4.79 Å². The quantitative estimate of drug-likeness (QED) is 0.541. The van der Waals surface area contributed by atoms with E-state index >= 15 is 0 Å². The van der Waals surface area contributed by atoms with Gasteiger partial charge in [0.25, 0.3) is 0 Å². The summed E-state index contributed by atoms with van der Waals surface area (Å²) in [7, 11) is 5.68. The SMILES string of the molecule is CCOC(=O)O[C@@H](CC(=O)O)C[N+](C)(C)C. The van der Waals surface area contributed by atoms with Gasteiger partial charge in [0, 0.05) is 0 Å². The third kappa shape index (κ3) is 8.05. The highest BCUT2D eigenvalue weighted by Gasteiger charge is 2.25. The molecule has 0 aromatic heterocycles. The number of nitrogens with zero attached hydrogens (tertiary/aromatic N) is 1. The summed E-state index contributed by atoms with van der Waals surface area (Å²) in [5, 5.41) is 8.68. The van der Waals surface area contributed by atoms with Crippen molar-refractivity contribution in [3.05, 3.63) is 0 Å². The molecule has 1 N–H and O–H groups in total.